The van der Waals surface area contributed by atoms with Crippen molar-refractivity contribution < 1.29 is 65.9 Å². The van der Waals surface area contributed by atoms with Crippen LogP contribution < -0.4 is 0 Å². The Bertz CT molecular complexity index is 2590. The molecule has 6 aromatic carbocycles. The van der Waals surface area contributed by atoms with Crippen molar-refractivity contribution in [1.29, 1.82) is 0 Å². The van der Waals surface area contributed by atoms with E-state index in [0.717, 1.165) is 35.3 Å². The molecule has 0 unspecified atom stereocenters. The van der Waals surface area contributed by atoms with Gasteiger partial charge in [0, 0.05) is 60.7 Å². The fourth-order valence-electron chi connectivity index (χ4n) is 6.00. The van der Waals surface area contributed by atoms with Crippen LogP contribution in [0.5, 0.6) is 0 Å². The Morgan fingerprint density at radius 1 is 0.394 bits per heavy atom. The van der Waals surface area contributed by atoms with Gasteiger partial charge in [-0.2, -0.15) is 47.9 Å². The third-order valence-electron chi connectivity index (χ3n) is 9.58. The molecule has 0 fully saturated rings. The Balaban J connectivity index is 1.53. The minimum atomic E-state index is -7.59. The largest absolute Gasteiger partial charge is 0.460 e. The number of hydrogen-bond acceptors (Lipinski definition) is 9. The Morgan fingerprint density at radius 2 is 0.621 bits per heavy atom. The lowest BCUT2D eigenvalue weighted by molar-refractivity contribution is -0.382. The summed E-state index contributed by atoms with van der Waals surface area (Å²) in [5, 5.41) is -7.19. The quantitative estimate of drug-likeness (QED) is 0.0654. The summed E-state index contributed by atoms with van der Waals surface area (Å²) in [6.07, 6.45) is -7.32. The maximum absolute atomic E-state index is 15.7. The molecule has 0 saturated carbocycles. The second-order valence-electron chi connectivity index (χ2n) is 14.2. The van der Waals surface area contributed by atoms with Crippen molar-refractivity contribution in [2.45, 2.75) is 88.1 Å². The standard InChI is InChI=1S/C46H33F9O6S5/c1-28(56)31-4-10-34(11-5-31)62-37-16-22-40(23-17-37)65(61-66(59,60)46(54,55)44(49,50)43(47,48)45(51,52)53,41-24-18-38(19-25-41)63-35-12-6-32(7-13-35)29(2)57)42-26-20-39(21-27-42)64-36-14-8-33(9-15-36)30(3)58/h4-27H,1-3H3. The number of Topliss-reactive ketones (excluding diaryl/α,β-unsaturated/α-hetero) is 3. The van der Waals surface area contributed by atoms with Gasteiger partial charge in [-0.05, 0) is 140 Å². The molecule has 6 nitrogen and oxygen atoms in total. The molecule has 0 spiro atoms. The molecule has 6 rings (SSSR count). The highest BCUT2D eigenvalue weighted by Crippen LogP contribution is 2.72. The number of alkyl halides is 9. The molecule has 0 aliphatic carbocycles. The molecule has 20 heteroatoms. The summed E-state index contributed by atoms with van der Waals surface area (Å²) in [6.45, 7) is 4.12. The van der Waals surface area contributed by atoms with Crippen LogP contribution in [0.2, 0.25) is 0 Å². The van der Waals surface area contributed by atoms with Crippen molar-refractivity contribution in [3.05, 3.63) is 162 Å². The lowest BCUT2D eigenvalue weighted by Crippen LogP contribution is -2.63. The minimum absolute atomic E-state index is 0.194. The van der Waals surface area contributed by atoms with E-state index in [9.17, 15) is 44.8 Å². The molecular formula is C46H33F9O6S5. The van der Waals surface area contributed by atoms with E-state index >= 15 is 17.6 Å². The highest BCUT2D eigenvalue weighted by atomic mass is 32.3. The van der Waals surface area contributed by atoms with Crippen LogP contribution in [-0.4, -0.2) is 49.0 Å². The van der Waals surface area contributed by atoms with Gasteiger partial charge < -0.3 is 0 Å². The first kappa shape index (κ1) is 50.4. The van der Waals surface area contributed by atoms with Crippen molar-refractivity contribution in [3.63, 3.8) is 0 Å². The molecule has 0 heterocycles. The van der Waals surface area contributed by atoms with Gasteiger partial charge in [0.2, 0.25) is 0 Å². The van der Waals surface area contributed by atoms with Crippen LogP contribution in [0.15, 0.2) is 190 Å². The van der Waals surface area contributed by atoms with E-state index in [-0.39, 0.29) is 32.0 Å². The number of ketones is 3. The molecule has 0 N–H and O–H groups in total. The normalized spacial score (nSPS) is 13.0. The SMILES string of the molecule is CC(=O)c1ccc(Sc2ccc(S(OS(=O)(=O)C(F)(F)C(F)(F)C(F)(F)C(F)(F)F)(c3ccc(Sc4ccc(C(C)=O)cc4)cc3)c3ccc(Sc4ccc(C(C)=O)cc4)cc3)cc2)cc1. The van der Waals surface area contributed by atoms with Gasteiger partial charge in [-0.1, -0.05) is 71.7 Å². The molecule has 346 valence electrons. The number of carbonyl (C=O) groups is 3. The fraction of sp³-hybridized carbons (Fsp3) is 0.152. The minimum Gasteiger partial charge on any atom is -0.295 e. The van der Waals surface area contributed by atoms with Crippen molar-refractivity contribution >= 4 is 73.1 Å². The maximum atomic E-state index is 15.7. The monoisotopic (exact) mass is 1010 g/mol. The van der Waals surface area contributed by atoms with Gasteiger partial charge in [0.25, 0.3) is 0 Å². The summed E-state index contributed by atoms with van der Waals surface area (Å²) in [4.78, 5) is 37.7. The molecule has 0 radical (unpaired) electrons. The first-order valence-corrected chi connectivity index (χ1v) is 24.4. The van der Waals surface area contributed by atoms with Gasteiger partial charge in [0.05, 0.1) is 0 Å². The van der Waals surface area contributed by atoms with Crippen molar-refractivity contribution in [2.75, 3.05) is 0 Å². The summed E-state index contributed by atoms with van der Waals surface area (Å²) in [7, 11) is -11.9. The van der Waals surface area contributed by atoms with Gasteiger partial charge in [0.15, 0.2) is 17.3 Å². The van der Waals surface area contributed by atoms with E-state index in [2.05, 4.69) is 0 Å². The summed E-state index contributed by atoms with van der Waals surface area (Å²) < 4.78 is 163. The fourth-order valence-corrected chi connectivity index (χ4v) is 13.6. The van der Waals surface area contributed by atoms with Crippen LogP contribution in [0.3, 0.4) is 0 Å². The summed E-state index contributed by atoms with van der Waals surface area (Å²) in [6, 6.07) is 34.9. The van der Waals surface area contributed by atoms with Crippen LogP contribution in [0.1, 0.15) is 51.8 Å². The Kier molecular flexibility index (Phi) is 14.8. The molecular weight excluding hydrogens is 980 g/mol. The molecule has 0 amide bonds. The maximum Gasteiger partial charge on any atom is 0.460 e. The van der Waals surface area contributed by atoms with E-state index < -0.39 is 43.7 Å². The van der Waals surface area contributed by atoms with Gasteiger partial charge in [-0.3, -0.25) is 14.4 Å². The molecule has 0 saturated heterocycles. The lowest BCUT2D eigenvalue weighted by Gasteiger charge is -2.41. The number of carbonyl (C=O) groups excluding carboxylic acids is 3. The van der Waals surface area contributed by atoms with Gasteiger partial charge in [0.1, 0.15) is 0 Å². The van der Waals surface area contributed by atoms with E-state index in [1.807, 2.05) is 0 Å². The molecule has 0 bridgehead atoms. The topological polar surface area (TPSA) is 94.6 Å². The summed E-state index contributed by atoms with van der Waals surface area (Å²) in [5.41, 5.74) is 1.26. The van der Waals surface area contributed by atoms with Crippen LogP contribution in [0.25, 0.3) is 0 Å². The van der Waals surface area contributed by atoms with Gasteiger partial charge in [-0.15, -0.1) is 0 Å². The third kappa shape index (κ3) is 10.3. The molecule has 0 aromatic heterocycles. The van der Waals surface area contributed by atoms with E-state index in [4.69, 9.17) is 3.63 Å². The number of hydrogen-bond donors (Lipinski definition) is 0. The molecule has 0 aliphatic rings. The second-order valence-corrected chi connectivity index (χ2v) is 22.1. The zero-order valence-electron chi connectivity index (χ0n) is 34.2. The predicted molar refractivity (Wildman–Crippen MR) is 234 cm³/mol. The average molecular weight is 1010 g/mol. The second kappa shape index (κ2) is 19.3. The molecule has 66 heavy (non-hydrogen) atoms. The molecule has 0 aliphatic heterocycles. The van der Waals surface area contributed by atoms with Gasteiger partial charge in [-0.25, -0.2) is 3.63 Å². The first-order valence-electron chi connectivity index (χ1n) is 18.9. The van der Waals surface area contributed by atoms with Crippen LogP contribution >= 0.6 is 45.6 Å². The van der Waals surface area contributed by atoms with E-state index in [1.54, 1.807) is 72.8 Å². The summed E-state index contributed by atoms with van der Waals surface area (Å²) >= 11 is 3.43. The van der Waals surface area contributed by atoms with E-state index in [1.165, 1.54) is 93.6 Å². The number of benzene rings is 6. The zero-order valence-corrected chi connectivity index (χ0v) is 38.3. The Hall–Kier alpha value is -4.99. The lowest BCUT2D eigenvalue weighted by atomic mass is 10.1. The first-order chi connectivity index (χ1) is 30.8. The van der Waals surface area contributed by atoms with Crippen LogP contribution in [-0.2, 0) is 13.7 Å². The number of halogens is 9. The average Bonchev–Trinajstić information content (AvgIpc) is 3.26. The van der Waals surface area contributed by atoms with Crippen molar-refractivity contribution in [3.8, 4) is 0 Å². The van der Waals surface area contributed by atoms with E-state index in [0.29, 0.717) is 46.1 Å². The van der Waals surface area contributed by atoms with Crippen molar-refractivity contribution in [1.82, 2.24) is 0 Å². The Morgan fingerprint density at radius 3 is 0.833 bits per heavy atom. The highest BCUT2D eigenvalue weighted by molar-refractivity contribution is 8.33. The van der Waals surface area contributed by atoms with Crippen LogP contribution in [0, 0.1) is 0 Å². The smallest absolute Gasteiger partial charge is 0.295 e. The summed E-state index contributed by atoms with van der Waals surface area (Å²) in [5.74, 6) is -15.7. The van der Waals surface area contributed by atoms with Crippen LogP contribution in [0.4, 0.5) is 39.5 Å². The zero-order chi connectivity index (χ0) is 48.5. The number of rotatable bonds is 17. The Labute approximate surface area is 387 Å². The third-order valence-corrected chi connectivity index (χ3v) is 17.9. The van der Waals surface area contributed by atoms with Crippen molar-refractivity contribution in [2.24, 2.45) is 0 Å². The molecule has 6 aromatic rings. The highest BCUT2D eigenvalue weighted by Gasteiger charge is 2.86. The van der Waals surface area contributed by atoms with Gasteiger partial charge >= 0.3 is 33.4 Å². The predicted octanol–water partition coefficient (Wildman–Crippen LogP) is 14.7. The molecule has 0 atom stereocenters.